The summed E-state index contributed by atoms with van der Waals surface area (Å²) in [7, 11) is 2.07. The summed E-state index contributed by atoms with van der Waals surface area (Å²) in [6.07, 6.45) is 5.30. The maximum atomic E-state index is 4.90. The average molecular weight is 369 g/mol. The minimum atomic E-state index is 0.839. The van der Waals surface area contributed by atoms with Crippen molar-refractivity contribution in [2.45, 2.75) is 26.7 Å². The van der Waals surface area contributed by atoms with Crippen LogP contribution in [0.25, 0.3) is 33.0 Å². The molecular weight excluding hydrogens is 346 g/mol. The molecule has 0 aliphatic rings. The molecule has 0 atom stereocenters. The molecule has 5 aromatic rings. The minimum Gasteiger partial charge on any atom is -0.331 e. The first-order valence-electron chi connectivity index (χ1n) is 9.69. The van der Waals surface area contributed by atoms with Gasteiger partial charge in [0.15, 0.2) is 0 Å². The van der Waals surface area contributed by atoms with Gasteiger partial charge in [-0.2, -0.15) is 0 Å². The van der Waals surface area contributed by atoms with E-state index in [0.717, 1.165) is 57.3 Å². The summed E-state index contributed by atoms with van der Waals surface area (Å²) in [4.78, 5) is 18.4. The molecule has 0 aliphatic heterocycles. The highest BCUT2D eigenvalue weighted by atomic mass is 15.1. The van der Waals surface area contributed by atoms with Gasteiger partial charge in [-0.3, -0.25) is 15.0 Å². The second-order valence-corrected chi connectivity index (χ2v) is 6.43. The van der Waals surface area contributed by atoms with Crippen molar-refractivity contribution in [3.8, 4) is 0 Å². The first kappa shape index (κ1) is 18.0. The molecule has 4 aromatic heterocycles. The summed E-state index contributed by atoms with van der Waals surface area (Å²) in [6, 6.07) is 16.2. The van der Waals surface area contributed by atoms with Crippen LogP contribution in [0.1, 0.15) is 25.4 Å². The molecule has 0 radical (unpaired) electrons. The number of hydrogen-bond donors (Lipinski definition) is 0. The van der Waals surface area contributed by atoms with Crippen molar-refractivity contribution >= 4 is 33.0 Å². The van der Waals surface area contributed by atoms with Gasteiger partial charge in [0.1, 0.15) is 5.82 Å². The molecule has 0 unspecified atom stereocenters. The zero-order chi connectivity index (χ0) is 19.5. The zero-order valence-electron chi connectivity index (χ0n) is 16.4. The Balaban J connectivity index is 0.000000932. The monoisotopic (exact) mass is 369 g/mol. The largest absolute Gasteiger partial charge is 0.331 e. The van der Waals surface area contributed by atoms with Crippen molar-refractivity contribution in [3.05, 3.63) is 72.4 Å². The number of rotatable bonds is 3. The predicted molar refractivity (Wildman–Crippen MR) is 114 cm³/mol. The van der Waals surface area contributed by atoms with E-state index in [4.69, 9.17) is 9.97 Å². The number of fused-ring (bicyclic) bond motifs is 4. The fraction of sp³-hybridized carbons (Fsp3) is 0.217. The van der Waals surface area contributed by atoms with Crippen molar-refractivity contribution in [1.29, 1.82) is 0 Å². The van der Waals surface area contributed by atoms with E-state index in [1.807, 2.05) is 44.3 Å². The van der Waals surface area contributed by atoms with Gasteiger partial charge in [0.25, 0.3) is 0 Å². The van der Waals surface area contributed by atoms with Gasteiger partial charge < -0.3 is 4.57 Å². The van der Waals surface area contributed by atoms with Gasteiger partial charge >= 0.3 is 0 Å². The molecule has 0 bridgehead atoms. The molecule has 0 saturated carbocycles. The van der Waals surface area contributed by atoms with Gasteiger partial charge in [0, 0.05) is 36.9 Å². The predicted octanol–water partition coefficient (Wildman–Crippen LogP) is 4.88. The van der Waals surface area contributed by atoms with Crippen LogP contribution in [-0.4, -0.2) is 24.5 Å². The second kappa shape index (κ2) is 7.72. The molecule has 5 nitrogen and oxygen atoms in total. The van der Waals surface area contributed by atoms with Gasteiger partial charge in [-0.1, -0.05) is 13.8 Å². The summed E-state index contributed by atoms with van der Waals surface area (Å²) in [5.41, 5.74) is 6.06. The molecule has 5 heteroatoms. The molecule has 0 fully saturated rings. The summed E-state index contributed by atoms with van der Waals surface area (Å²) in [6.45, 7) is 4.00. The third kappa shape index (κ3) is 3.20. The highest BCUT2D eigenvalue weighted by Crippen LogP contribution is 2.24. The molecule has 28 heavy (non-hydrogen) atoms. The fourth-order valence-electron chi connectivity index (χ4n) is 3.46. The van der Waals surface area contributed by atoms with Crippen molar-refractivity contribution in [2.75, 3.05) is 0 Å². The Morgan fingerprint density at radius 2 is 1.50 bits per heavy atom. The normalized spacial score (nSPS) is 11.0. The van der Waals surface area contributed by atoms with E-state index >= 15 is 0 Å². The third-order valence-electron chi connectivity index (χ3n) is 4.84. The standard InChI is InChI=1S/C21H17N5.C2H6/c1-26-19-10-9-16-15(4-2-12-22-16)21(19)25-20(26)11-7-14-6-8-17-18(24-14)5-3-13-23-17;1-2/h2-6,8-10,12-13H,7,11H2,1H3;1-2H3. The number of hydrogen-bond acceptors (Lipinski definition) is 4. The molecule has 0 spiro atoms. The second-order valence-electron chi connectivity index (χ2n) is 6.43. The Hall–Kier alpha value is -3.34. The maximum absolute atomic E-state index is 4.90. The molecule has 5 rings (SSSR count). The molecule has 0 saturated heterocycles. The van der Waals surface area contributed by atoms with Crippen LogP contribution >= 0.6 is 0 Å². The topological polar surface area (TPSA) is 56.5 Å². The van der Waals surface area contributed by atoms with E-state index in [9.17, 15) is 0 Å². The molecule has 0 aliphatic carbocycles. The van der Waals surface area contributed by atoms with Crippen LogP contribution in [0.5, 0.6) is 0 Å². The van der Waals surface area contributed by atoms with Crippen molar-refractivity contribution in [3.63, 3.8) is 0 Å². The van der Waals surface area contributed by atoms with Crippen LogP contribution in [0.4, 0.5) is 0 Å². The first-order chi connectivity index (χ1) is 13.8. The summed E-state index contributed by atoms with van der Waals surface area (Å²) >= 11 is 0. The Kier molecular flexibility index (Phi) is 4.98. The molecule has 4 heterocycles. The lowest BCUT2D eigenvalue weighted by Crippen LogP contribution is -2.01. The quantitative estimate of drug-likeness (QED) is 0.455. The number of imidazole rings is 1. The molecular formula is C23H23N5. The van der Waals surface area contributed by atoms with Crippen LogP contribution in [0.2, 0.25) is 0 Å². The highest BCUT2D eigenvalue weighted by Gasteiger charge is 2.11. The van der Waals surface area contributed by atoms with Crippen LogP contribution < -0.4 is 0 Å². The number of aromatic nitrogens is 5. The average Bonchev–Trinajstić information content (AvgIpc) is 3.09. The van der Waals surface area contributed by atoms with E-state index < -0.39 is 0 Å². The smallest absolute Gasteiger partial charge is 0.110 e. The zero-order valence-corrected chi connectivity index (χ0v) is 16.4. The number of nitrogens with zero attached hydrogens (tertiary/aromatic N) is 5. The Labute approximate surface area is 164 Å². The van der Waals surface area contributed by atoms with Gasteiger partial charge in [-0.15, -0.1) is 0 Å². The Bertz CT molecular complexity index is 1260. The van der Waals surface area contributed by atoms with Gasteiger partial charge in [-0.05, 0) is 55.0 Å². The molecule has 140 valence electrons. The van der Waals surface area contributed by atoms with E-state index in [1.165, 1.54) is 0 Å². The SMILES string of the molecule is CC.Cn1c(CCc2ccc3ncccc3n2)nc2c3cccnc3ccc21. The maximum Gasteiger partial charge on any atom is 0.110 e. The van der Waals surface area contributed by atoms with Gasteiger partial charge in [-0.25, -0.2) is 4.98 Å². The minimum absolute atomic E-state index is 0.839. The Morgan fingerprint density at radius 3 is 2.36 bits per heavy atom. The lowest BCUT2D eigenvalue weighted by molar-refractivity contribution is 0.778. The van der Waals surface area contributed by atoms with Crippen LogP contribution in [-0.2, 0) is 19.9 Å². The summed E-state index contributed by atoms with van der Waals surface area (Å²) < 4.78 is 2.17. The van der Waals surface area contributed by atoms with Crippen LogP contribution in [0, 0.1) is 0 Å². The van der Waals surface area contributed by atoms with Crippen molar-refractivity contribution in [2.24, 2.45) is 7.05 Å². The molecule has 0 N–H and O–H groups in total. The Morgan fingerprint density at radius 1 is 0.750 bits per heavy atom. The summed E-state index contributed by atoms with van der Waals surface area (Å²) in [5.74, 6) is 1.06. The van der Waals surface area contributed by atoms with E-state index in [2.05, 4.69) is 45.8 Å². The molecule has 0 amide bonds. The number of benzene rings is 1. The van der Waals surface area contributed by atoms with Crippen LogP contribution in [0.15, 0.2) is 60.9 Å². The number of aryl methyl sites for hydroxylation is 3. The van der Waals surface area contributed by atoms with Crippen molar-refractivity contribution < 1.29 is 0 Å². The highest BCUT2D eigenvalue weighted by molar-refractivity contribution is 6.02. The van der Waals surface area contributed by atoms with E-state index in [1.54, 1.807) is 6.20 Å². The fourth-order valence-corrected chi connectivity index (χ4v) is 3.46. The van der Waals surface area contributed by atoms with Crippen LogP contribution in [0.3, 0.4) is 0 Å². The first-order valence-corrected chi connectivity index (χ1v) is 9.69. The van der Waals surface area contributed by atoms with Gasteiger partial charge in [0.05, 0.1) is 27.6 Å². The lowest BCUT2D eigenvalue weighted by Gasteiger charge is -2.04. The third-order valence-corrected chi connectivity index (χ3v) is 4.84. The summed E-state index contributed by atoms with van der Waals surface area (Å²) in [5, 5.41) is 1.10. The van der Waals surface area contributed by atoms with E-state index in [0.29, 0.717) is 0 Å². The van der Waals surface area contributed by atoms with Gasteiger partial charge in [0.2, 0.25) is 0 Å². The van der Waals surface area contributed by atoms with E-state index in [-0.39, 0.29) is 0 Å². The molecule has 1 aromatic carbocycles. The van der Waals surface area contributed by atoms with Crippen molar-refractivity contribution in [1.82, 2.24) is 24.5 Å². The lowest BCUT2D eigenvalue weighted by atomic mass is 10.2. The number of pyridine rings is 3.